The Morgan fingerprint density at radius 3 is 2.62 bits per heavy atom. The molecule has 1 amide bonds. The summed E-state index contributed by atoms with van der Waals surface area (Å²) in [6.45, 7) is 5.87. The van der Waals surface area contributed by atoms with E-state index in [1.165, 1.54) is 0 Å². The molecule has 0 bridgehead atoms. The van der Waals surface area contributed by atoms with Crippen LogP contribution in [0.25, 0.3) is 0 Å². The van der Waals surface area contributed by atoms with Gasteiger partial charge in [-0.2, -0.15) is 0 Å². The summed E-state index contributed by atoms with van der Waals surface area (Å²) in [5.74, 6) is 0.555. The van der Waals surface area contributed by atoms with Crippen LogP contribution in [-0.4, -0.2) is 12.0 Å². The molecule has 110 valence electrons. The molecule has 2 aromatic rings. The zero-order valence-electron chi connectivity index (χ0n) is 12.3. The quantitative estimate of drug-likeness (QED) is 0.862. The molecule has 1 N–H and O–H groups in total. The second-order valence-corrected chi connectivity index (χ2v) is 6.02. The molecule has 4 heteroatoms. The van der Waals surface area contributed by atoms with Crippen molar-refractivity contribution in [3.8, 4) is 5.75 Å². The highest BCUT2D eigenvalue weighted by atomic mass is 79.9. The van der Waals surface area contributed by atoms with Crippen molar-refractivity contribution < 1.29 is 9.53 Å². The van der Waals surface area contributed by atoms with E-state index in [2.05, 4.69) is 21.2 Å². The van der Waals surface area contributed by atoms with Crippen LogP contribution >= 0.6 is 15.9 Å². The minimum Gasteiger partial charge on any atom is -0.491 e. The first-order valence-corrected chi connectivity index (χ1v) is 7.59. The maximum Gasteiger partial charge on any atom is 0.255 e. The topological polar surface area (TPSA) is 38.3 Å². The number of rotatable bonds is 4. The van der Waals surface area contributed by atoms with Crippen LogP contribution in [0.5, 0.6) is 5.75 Å². The molecule has 0 aliphatic heterocycles. The van der Waals surface area contributed by atoms with E-state index < -0.39 is 0 Å². The zero-order valence-corrected chi connectivity index (χ0v) is 13.9. The van der Waals surface area contributed by atoms with Gasteiger partial charge in [-0.05, 0) is 62.7 Å². The van der Waals surface area contributed by atoms with Crippen LogP contribution in [0.4, 0.5) is 5.69 Å². The number of aryl methyl sites for hydroxylation is 1. The number of carbonyl (C=O) groups is 1. The highest BCUT2D eigenvalue weighted by Gasteiger charge is 2.09. The number of hydrogen-bond donors (Lipinski definition) is 1. The summed E-state index contributed by atoms with van der Waals surface area (Å²) in [5.41, 5.74) is 2.39. The third kappa shape index (κ3) is 4.33. The van der Waals surface area contributed by atoms with Crippen molar-refractivity contribution in [2.45, 2.75) is 26.9 Å². The van der Waals surface area contributed by atoms with Crippen LogP contribution in [0.2, 0.25) is 0 Å². The van der Waals surface area contributed by atoms with E-state index in [4.69, 9.17) is 4.74 Å². The van der Waals surface area contributed by atoms with Crippen molar-refractivity contribution in [2.24, 2.45) is 0 Å². The summed E-state index contributed by atoms with van der Waals surface area (Å²) in [7, 11) is 0. The van der Waals surface area contributed by atoms with Gasteiger partial charge in [-0.25, -0.2) is 0 Å². The third-order valence-electron chi connectivity index (χ3n) is 2.90. The number of carbonyl (C=O) groups excluding carboxylic acids is 1. The summed E-state index contributed by atoms with van der Waals surface area (Å²) in [6, 6.07) is 12.9. The van der Waals surface area contributed by atoms with Gasteiger partial charge in [0.05, 0.1) is 6.10 Å². The number of amides is 1. The second-order valence-electron chi connectivity index (χ2n) is 5.11. The number of halogens is 1. The van der Waals surface area contributed by atoms with E-state index in [0.29, 0.717) is 11.3 Å². The summed E-state index contributed by atoms with van der Waals surface area (Å²) in [6.07, 6.45) is 0.0806. The molecule has 0 saturated heterocycles. The monoisotopic (exact) mass is 347 g/mol. The Morgan fingerprint density at radius 1 is 1.19 bits per heavy atom. The number of anilines is 1. The Balaban J connectivity index is 2.16. The van der Waals surface area contributed by atoms with E-state index in [9.17, 15) is 4.79 Å². The molecule has 0 aliphatic carbocycles. The molecular weight excluding hydrogens is 330 g/mol. The average molecular weight is 348 g/mol. The normalized spacial score (nSPS) is 10.5. The lowest BCUT2D eigenvalue weighted by Crippen LogP contribution is -2.13. The molecular formula is C17H18BrNO2. The summed E-state index contributed by atoms with van der Waals surface area (Å²) in [5, 5.41) is 2.92. The van der Waals surface area contributed by atoms with Crippen molar-refractivity contribution in [3.63, 3.8) is 0 Å². The largest absolute Gasteiger partial charge is 0.491 e. The molecule has 21 heavy (non-hydrogen) atoms. The Bertz CT molecular complexity index is 653. The summed E-state index contributed by atoms with van der Waals surface area (Å²) >= 11 is 3.41. The summed E-state index contributed by atoms with van der Waals surface area (Å²) < 4.78 is 6.60. The fourth-order valence-electron chi connectivity index (χ4n) is 1.94. The van der Waals surface area contributed by atoms with Gasteiger partial charge in [0.15, 0.2) is 0 Å². The van der Waals surface area contributed by atoms with Gasteiger partial charge in [0.25, 0.3) is 5.91 Å². The lowest BCUT2D eigenvalue weighted by atomic mass is 10.1. The highest BCUT2D eigenvalue weighted by Crippen LogP contribution is 2.21. The molecule has 3 nitrogen and oxygen atoms in total. The number of hydrogen-bond acceptors (Lipinski definition) is 2. The molecule has 0 aromatic heterocycles. The highest BCUT2D eigenvalue weighted by molar-refractivity contribution is 9.10. The standard InChI is InChI=1S/C17H18BrNO2/c1-11(2)21-15-6-4-5-13(10-15)17(20)19-16-8-7-14(18)9-12(16)3/h4-11H,1-3H3,(H,19,20). The van der Waals surface area contributed by atoms with Crippen LogP contribution in [-0.2, 0) is 0 Å². The predicted molar refractivity (Wildman–Crippen MR) is 89.0 cm³/mol. The van der Waals surface area contributed by atoms with Crippen molar-refractivity contribution in [1.29, 1.82) is 0 Å². The first-order chi connectivity index (χ1) is 9.95. The van der Waals surface area contributed by atoms with Gasteiger partial charge in [-0.3, -0.25) is 4.79 Å². The SMILES string of the molecule is Cc1cc(Br)ccc1NC(=O)c1cccc(OC(C)C)c1. The van der Waals surface area contributed by atoms with Crippen molar-refractivity contribution >= 4 is 27.5 Å². The van der Waals surface area contributed by atoms with E-state index in [0.717, 1.165) is 15.7 Å². The van der Waals surface area contributed by atoms with Gasteiger partial charge in [0.2, 0.25) is 0 Å². The lowest BCUT2D eigenvalue weighted by molar-refractivity contribution is 0.102. The van der Waals surface area contributed by atoms with Crippen molar-refractivity contribution in [1.82, 2.24) is 0 Å². The molecule has 2 rings (SSSR count). The minimum atomic E-state index is -0.144. The molecule has 0 atom stereocenters. The van der Waals surface area contributed by atoms with Crippen LogP contribution in [0.1, 0.15) is 29.8 Å². The fourth-order valence-corrected chi connectivity index (χ4v) is 2.42. The number of benzene rings is 2. The van der Waals surface area contributed by atoms with Gasteiger partial charge < -0.3 is 10.1 Å². The van der Waals surface area contributed by atoms with Gasteiger partial charge in [-0.1, -0.05) is 22.0 Å². The maximum absolute atomic E-state index is 12.3. The Hall–Kier alpha value is -1.81. The van der Waals surface area contributed by atoms with Crippen LogP contribution in [0, 0.1) is 6.92 Å². The zero-order chi connectivity index (χ0) is 15.4. The van der Waals surface area contributed by atoms with Crippen LogP contribution < -0.4 is 10.1 Å². The van der Waals surface area contributed by atoms with Gasteiger partial charge in [-0.15, -0.1) is 0 Å². The van der Waals surface area contributed by atoms with E-state index in [1.807, 2.05) is 51.1 Å². The predicted octanol–water partition coefficient (Wildman–Crippen LogP) is 4.80. The van der Waals surface area contributed by atoms with Crippen molar-refractivity contribution in [3.05, 3.63) is 58.1 Å². The second kappa shape index (κ2) is 6.76. The van der Waals surface area contributed by atoms with Crippen molar-refractivity contribution in [2.75, 3.05) is 5.32 Å². The minimum absolute atomic E-state index is 0.0806. The number of ether oxygens (including phenoxy) is 1. The van der Waals surface area contributed by atoms with Crippen LogP contribution in [0.15, 0.2) is 46.9 Å². The smallest absolute Gasteiger partial charge is 0.255 e. The van der Waals surface area contributed by atoms with E-state index in [-0.39, 0.29) is 12.0 Å². The molecule has 0 saturated carbocycles. The van der Waals surface area contributed by atoms with Gasteiger partial charge in [0.1, 0.15) is 5.75 Å². The molecule has 2 aromatic carbocycles. The Morgan fingerprint density at radius 2 is 1.95 bits per heavy atom. The molecule has 0 aliphatic rings. The average Bonchev–Trinajstić information content (AvgIpc) is 2.41. The molecule has 0 heterocycles. The summed E-state index contributed by atoms with van der Waals surface area (Å²) in [4.78, 5) is 12.3. The maximum atomic E-state index is 12.3. The van der Waals surface area contributed by atoms with E-state index >= 15 is 0 Å². The first-order valence-electron chi connectivity index (χ1n) is 6.80. The Labute approximate surface area is 133 Å². The number of nitrogens with one attached hydrogen (secondary N) is 1. The third-order valence-corrected chi connectivity index (χ3v) is 3.40. The van der Waals surface area contributed by atoms with Crippen LogP contribution in [0.3, 0.4) is 0 Å². The lowest BCUT2D eigenvalue weighted by Gasteiger charge is -2.12. The molecule has 0 radical (unpaired) electrons. The molecule has 0 unspecified atom stereocenters. The first kappa shape index (κ1) is 15.6. The van der Waals surface area contributed by atoms with Gasteiger partial charge in [0, 0.05) is 15.7 Å². The van der Waals surface area contributed by atoms with Gasteiger partial charge >= 0.3 is 0 Å². The Kier molecular flexibility index (Phi) is 5.02. The molecule has 0 spiro atoms. The molecule has 0 fully saturated rings. The fraction of sp³-hybridized carbons (Fsp3) is 0.235. The van der Waals surface area contributed by atoms with E-state index in [1.54, 1.807) is 12.1 Å².